The van der Waals surface area contributed by atoms with Gasteiger partial charge >= 0.3 is 0 Å². The predicted octanol–water partition coefficient (Wildman–Crippen LogP) is 2.92. The van der Waals surface area contributed by atoms with Crippen molar-refractivity contribution in [3.63, 3.8) is 0 Å². The van der Waals surface area contributed by atoms with Gasteiger partial charge in [0, 0.05) is 6.07 Å². The van der Waals surface area contributed by atoms with Crippen LogP contribution >= 0.6 is 0 Å². The van der Waals surface area contributed by atoms with Gasteiger partial charge in [0.1, 0.15) is 0 Å². The Bertz CT molecular complexity index is 431. The Balaban J connectivity index is 2.37. The minimum atomic E-state index is -0.518. The molecule has 1 aromatic heterocycles. The van der Waals surface area contributed by atoms with Crippen molar-refractivity contribution in [3.05, 3.63) is 22.5 Å². The molecule has 0 aliphatic heterocycles. The molecule has 1 unspecified atom stereocenters. The lowest BCUT2D eigenvalue weighted by molar-refractivity contribution is 0.235. The number of ether oxygens (including phenoxy) is 1. The molecule has 0 bridgehead atoms. The Morgan fingerprint density at radius 2 is 2.06 bits per heavy atom. The Hall–Kier alpha value is -1.45. The van der Waals surface area contributed by atoms with Crippen LogP contribution in [-0.2, 0) is 0 Å². The summed E-state index contributed by atoms with van der Waals surface area (Å²) in [5, 5.41) is 9.09. The van der Waals surface area contributed by atoms with E-state index in [2.05, 4.69) is 32.7 Å². The van der Waals surface area contributed by atoms with Gasteiger partial charge in [-0.25, -0.2) is 0 Å². The van der Waals surface area contributed by atoms with Crippen molar-refractivity contribution in [2.45, 2.75) is 40.5 Å². The summed E-state index contributed by atoms with van der Waals surface area (Å²) in [6, 6.07) is 2.90. The predicted molar refractivity (Wildman–Crippen MR) is 72.1 cm³/mol. The third-order valence-corrected chi connectivity index (χ3v) is 2.69. The molecule has 0 saturated heterocycles. The summed E-state index contributed by atoms with van der Waals surface area (Å²) < 4.78 is 5.46. The number of pyridine rings is 1. The van der Waals surface area contributed by atoms with Crippen molar-refractivity contribution in [2.24, 2.45) is 11.3 Å². The topological polar surface area (TPSA) is 62.3 Å². The molecule has 0 aliphatic carbocycles. The zero-order chi connectivity index (χ0) is 13.8. The van der Waals surface area contributed by atoms with Crippen LogP contribution in [0.5, 0.6) is 11.6 Å². The lowest BCUT2D eigenvalue weighted by Gasteiger charge is -2.23. The van der Waals surface area contributed by atoms with Crippen LogP contribution in [0, 0.1) is 11.3 Å². The summed E-state index contributed by atoms with van der Waals surface area (Å²) in [7, 11) is 0. The normalized spacial score (nSPS) is 13.3. The standard InChI is InChI=1S/C14H23NO3/c1-10(9-14(2,3)4)7-8-18-12-6-5-11(16)13(17)15-12/h5-6,10,16H,7-9H2,1-4H3,(H,15,17). The van der Waals surface area contributed by atoms with Gasteiger partial charge in [0.05, 0.1) is 6.61 Å². The van der Waals surface area contributed by atoms with Crippen molar-refractivity contribution >= 4 is 0 Å². The molecule has 1 heterocycles. The third kappa shape index (κ3) is 5.25. The fourth-order valence-corrected chi connectivity index (χ4v) is 2.05. The first-order valence-electron chi connectivity index (χ1n) is 6.33. The second-order valence-electron chi connectivity index (χ2n) is 6.04. The van der Waals surface area contributed by atoms with Crippen molar-refractivity contribution < 1.29 is 9.84 Å². The highest BCUT2D eigenvalue weighted by molar-refractivity contribution is 5.21. The largest absolute Gasteiger partial charge is 0.503 e. The molecule has 1 atom stereocenters. The molecule has 0 saturated carbocycles. The van der Waals surface area contributed by atoms with Gasteiger partial charge in [-0.2, -0.15) is 0 Å². The molecule has 18 heavy (non-hydrogen) atoms. The first-order valence-corrected chi connectivity index (χ1v) is 6.33. The van der Waals surface area contributed by atoms with E-state index in [0.29, 0.717) is 23.8 Å². The number of rotatable bonds is 5. The fourth-order valence-electron chi connectivity index (χ4n) is 2.05. The van der Waals surface area contributed by atoms with E-state index in [0.717, 1.165) is 12.8 Å². The van der Waals surface area contributed by atoms with Gasteiger partial charge in [0.15, 0.2) is 11.6 Å². The van der Waals surface area contributed by atoms with Crippen LogP contribution in [0.4, 0.5) is 0 Å². The molecule has 0 spiro atoms. The zero-order valence-electron chi connectivity index (χ0n) is 11.6. The quantitative estimate of drug-likeness (QED) is 0.848. The zero-order valence-corrected chi connectivity index (χ0v) is 11.6. The maximum Gasteiger partial charge on any atom is 0.292 e. The molecule has 102 valence electrons. The molecule has 4 heteroatoms. The summed E-state index contributed by atoms with van der Waals surface area (Å²) in [5.41, 5.74) is -0.193. The van der Waals surface area contributed by atoms with E-state index in [1.165, 1.54) is 6.07 Å². The molecule has 0 aromatic carbocycles. The highest BCUT2D eigenvalue weighted by atomic mass is 16.5. The summed E-state index contributed by atoms with van der Waals surface area (Å²) in [5.74, 6) is 0.693. The number of nitrogens with one attached hydrogen (secondary N) is 1. The second kappa shape index (κ2) is 5.94. The molecule has 0 amide bonds. The molecular formula is C14H23NO3. The average Bonchev–Trinajstić information content (AvgIpc) is 2.20. The molecule has 0 aliphatic rings. The number of aromatic hydroxyl groups is 1. The van der Waals surface area contributed by atoms with Gasteiger partial charge in [0.25, 0.3) is 5.56 Å². The van der Waals surface area contributed by atoms with Gasteiger partial charge in [0.2, 0.25) is 0 Å². The monoisotopic (exact) mass is 253 g/mol. The molecule has 2 N–H and O–H groups in total. The summed E-state index contributed by atoms with van der Waals surface area (Å²) in [6.07, 6.45) is 2.09. The van der Waals surface area contributed by atoms with Gasteiger partial charge in [-0.05, 0) is 30.2 Å². The van der Waals surface area contributed by atoms with E-state index in [4.69, 9.17) is 9.84 Å². The number of hydrogen-bond donors (Lipinski definition) is 2. The van der Waals surface area contributed by atoms with Crippen LogP contribution < -0.4 is 10.3 Å². The van der Waals surface area contributed by atoms with Crippen molar-refractivity contribution in [3.8, 4) is 11.6 Å². The molecule has 4 nitrogen and oxygen atoms in total. The van der Waals surface area contributed by atoms with E-state index in [-0.39, 0.29) is 5.75 Å². The van der Waals surface area contributed by atoms with E-state index in [1.807, 2.05) is 0 Å². The molecule has 0 radical (unpaired) electrons. The fraction of sp³-hybridized carbons (Fsp3) is 0.643. The first-order chi connectivity index (χ1) is 8.28. The van der Waals surface area contributed by atoms with E-state index in [9.17, 15) is 4.79 Å². The van der Waals surface area contributed by atoms with E-state index in [1.54, 1.807) is 6.07 Å². The smallest absolute Gasteiger partial charge is 0.292 e. The van der Waals surface area contributed by atoms with Crippen LogP contribution in [0.15, 0.2) is 16.9 Å². The van der Waals surface area contributed by atoms with Crippen LogP contribution in [0.2, 0.25) is 0 Å². The third-order valence-electron chi connectivity index (χ3n) is 2.69. The number of H-pyrrole nitrogens is 1. The maximum absolute atomic E-state index is 11.1. The van der Waals surface area contributed by atoms with Crippen LogP contribution in [0.1, 0.15) is 40.5 Å². The molecule has 1 aromatic rings. The highest BCUT2D eigenvalue weighted by Gasteiger charge is 2.15. The Morgan fingerprint density at radius 1 is 1.39 bits per heavy atom. The van der Waals surface area contributed by atoms with Crippen molar-refractivity contribution in [2.75, 3.05) is 6.61 Å². The lowest BCUT2D eigenvalue weighted by Crippen LogP contribution is -2.14. The first kappa shape index (κ1) is 14.6. The van der Waals surface area contributed by atoms with Gasteiger partial charge in [-0.3, -0.25) is 9.78 Å². The van der Waals surface area contributed by atoms with Gasteiger partial charge < -0.3 is 9.84 Å². The van der Waals surface area contributed by atoms with Crippen molar-refractivity contribution in [1.29, 1.82) is 0 Å². The average molecular weight is 253 g/mol. The van der Waals surface area contributed by atoms with Crippen LogP contribution in [0.25, 0.3) is 0 Å². The Kier molecular flexibility index (Phi) is 4.82. The van der Waals surface area contributed by atoms with Crippen LogP contribution in [-0.4, -0.2) is 16.7 Å². The van der Waals surface area contributed by atoms with Crippen molar-refractivity contribution in [1.82, 2.24) is 4.98 Å². The number of aromatic nitrogens is 1. The molecule has 1 rings (SSSR count). The second-order valence-corrected chi connectivity index (χ2v) is 6.04. The SMILES string of the molecule is CC(CCOc1ccc(O)c(=O)[nH]1)CC(C)(C)C. The molecular weight excluding hydrogens is 230 g/mol. The van der Waals surface area contributed by atoms with Crippen LogP contribution in [0.3, 0.4) is 0 Å². The highest BCUT2D eigenvalue weighted by Crippen LogP contribution is 2.25. The van der Waals surface area contributed by atoms with E-state index >= 15 is 0 Å². The summed E-state index contributed by atoms with van der Waals surface area (Å²) >= 11 is 0. The lowest BCUT2D eigenvalue weighted by atomic mass is 9.84. The van der Waals surface area contributed by atoms with Gasteiger partial charge in [-0.1, -0.05) is 27.7 Å². The minimum absolute atomic E-state index is 0.288. The number of aromatic amines is 1. The summed E-state index contributed by atoms with van der Waals surface area (Å²) in [6.45, 7) is 9.44. The maximum atomic E-state index is 11.1. The van der Waals surface area contributed by atoms with E-state index < -0.39 is 5.56 Å². The Morgan fingerprint density at radius 3 is 2.61 bits per heavy atom. The Labute approximate surface area is 108 Å². The van der Waals surface area contributed by atoms with Gasteiger partial charge in [-0.15, -0.1) is 0 Å². The minimum Gasteiger partial charge on any atom is -0.503 e. The number of hydrogen-bond acceptors (Lipinski definition) is 3. The molecule has 0 fully saturated rings. The summed E-state index contributed by atoms with van der Waals surface area (Å²) in [4.78, 5) is 13.6.